The molecule has 1 fully saturated rings. The number of hydrogen-bond acceptors (Lipinski definition) is 3. The molecular weight excluding hydrogens is 188 g/mol. The lowest BCUT2D eigenvalue weighted by Gasteiger charge is -2.17. The SMILES string of the molecule is CN1CCCC1Cc1cc(CN)n(C)n1. The number of aryl methyl sites for hydroxylation is 1. The smallest absolute Gasteiger partial charge is 0.0643 e. The van der Waals surface area contributed by atoms with Gasteiger partial charge in [-0.1, -0.05) is 0 Å². The molecule has 0 bridgehead atoms. The van der Waals surface area contributed by atoms with E-state index in [1.807, 2.05) is 11.7 Å². The molecule has 2 rings (SSSR count). The Bertz CT molecular complexity index is 331. The van der Waals surface area contributed by atoms with Gasteiger partial charge in [-0.05, 0) is 32.5 Å². The van der Waals surface area contributed by atoms with Crippen LogP contribution < -0.4 is 5.73 Å². The predicted octanol–water partition coefficient (Wildman–Crippen LogP) is 0.516. The fourth-order valence-electron chi connectivity index (χ4n) is 2.34. The van der Waals surface area contributed by atoms with Crippen LogP contribution in [0.5, 0.6) is 0 Å². The molecule has 1 unspecified atom stereocenters. The van der Waals surface area contributed by atoms with Gasteiger partial charge in [-0.2, -0.15) is 5.10 Å². The molecule has 1 saturated heterocycles. The Balaban J connectivity index is 2.04. The summed E-state index contributed by atoms with van der Waals surface area (Å²) in [5, 5.41) is 4.49. The molecule has 2 heterocycles. The van der Waals surface area contributed by atoms with Crippen LogP contribution in [-0.4, -0.2) is 34.3 Å². The molecule has 15 heavy (non-hydrogen) atoms. The third-order valence-electron chi connectivity index (χ3n) is 3.35. The number of likely N-dealkylation sites (tertiary alicyclic amines) is 1. The quantitative estimate of drug-likeness (QED) is 0.787. The van der Waals surface area contributed by atoms with Crippen molar-refractivity contribution in [1.29, 1.82) is 0 Å². The van der Waals surface area contributed by atoms with Crippen molar-refractivity contribution in [2.24, 2.45) is 12.8 Å². The highest BCUT2D eigenvalue weighted by atomic mass is 15.3. The van der Waals surface area contributed by atoms with E-state index in [9.17, 15) is 0 Å². The summed E-state index contributed by atoms with van der Waals surface area (Å²) in [5.74, 6) is 0. The average molecular weight is 208 g/mol. The van der Waals surface area contributed by atoms with Crippen LogP contribution in [0.1, 0.15) is 24.2 Å². The minimum atomic E-state index is 0.573. The minimum Gasteiger partial charge on any atom is -0.325 e. The molecule has 4 heteroatoms. The number of hydrogen-bond donors (Lipinski definition) is 1. The summed E-state index contributed by atoms with van der Waals surface area (Å²) in [6.07, 6.45) is 3.67. The maximum Gasteiger partial charge on any atom is 0.0643 e. The summed E-state index contributed by atoms with van der Waals surface area (Å²) >= 11 is 0. The molecule has 84 valence electrons. The topological polar surface area (TPSA) is 47.1 Å². The lowest BCUT2D eigenvalue weighted by atomic mass is 10.1. The first-order valence-corrected chi connectivity index (χ1v) is 5.63. The summed E-state index contributed by atoms with van der Waals surface area (Å²) in [7, 11) is 4.16. The third-order valence-corrected chi connectivity index (χ3v) is 3.35. The minimum absolute atomic E-state index is 0.573. The monoisotopic (exact) mass is 208 g/mol. The highest BCUT2D eigenvalue weighted by molar-refractivity contribution is 5.11. The molecule has 1 atom stereocenters. The van der Waals surface area contributed by atoms with Gasteiger partial charge < -0.3 is 10.6 Å². The number of rotatable bonds is 3. The number of nitrogens with two attached hydrogens (primary N) is 1. The van der Waals surface area contributed by atoms with Crippen LogP contribution in [0.25, 0.3) is 0 Å². The van der Waals surface area contributed by atoms with Crippen molar-refractivity contribution in [3.63, 3.8) is 0 Å². The molecule has 1 aliphatic heterocycles. The van der Waals surface area contributed by atoms with Crippen LogP contribution in [0.3, 0.4) is 0 Å². The summed E-state index contributed by atoms with van der Waals surface area (Å²) in [6.45, 7) is 1.80. The first-order valence-electron chi connectivity index (χ1n) is 5.63. The maximum atomic E-state index is 5.63. The fourth-order valence-corrected chi connectivity index (χ4v) is 2.34. The summed E-state index contributed by atoms with van der Waals surface area (Å²) in [5.41, 5.74) is 7.92. The van der Waals surface area contributed by atoms with E-state index in [1.165, 1.54) is 25.1 Å². The molecular formula is C11H20N4. The Morgan fingerprint density at radius 1 is 1.53 bits per heavy atom. The number of nitrogens with zero attached hydrogens (tertiary/aromatic N) is 3. The second-order valence-corrected chi connectivity index (χ2v) is 4.44. The Kier molecular flexibility index (Phi) is 3.07. The van der Waals surface area contributed by atoms with E-state index in [0.717, 1.165) is 12.1 Å². The molecule has 1 aliphatic rings. The molecule has 0 amide bonds. The highest BCUT2D eigenvalue weighted by Gasteiger charge is 2.22. The summed E-state index contributed by atoms with van der Waals surface area (Å²) in [6, 6.07) is 2.80. The zero-order chi connectivity index (χ0) is 10.8. The van der Waals surface area contributed by atoms with Crippen molar-refractivity contribution < 1.29 is 0 Å². The zero-order valence-electron chi connectivity index (χ0n) is 9.61. The first-order chi connectivity index (χ1) is 7.20. The van der Waals surface area contributed by atoms with Crippen molar-refractivity contribution in [1.82, 2.24) is 14.7 Å². The molecule has 1 aromatic rings. The van der Waals surface area contributed by atoms with Crippen molar-refractivity contribution in [2.45, 2.75) is 31.8 Å². The fraction of sp³-hybridized carbons (Fsp3) is 0.727. The molecule has 2 N–H and O–H groups in total. The van der Waals surface area contributed by atoms with E-state index in [2.05, 4.69) is 23.1 Å². The molecule has 0 radical (unpaired) electrons. The van der Waals surface area contributed by atoms with Gasteiger partial charge in [0.1, 0.15) is 0 Å². The Morgan fingerprint density at radius 2 is 2.33 bits per heavy atom. The van der Waals surface area contributed by atoms with Crippen LogP contribution in [0.15, 0.2) is 6.07 Å². The van der Waals surface area contributed by atoms with E-state index >= 15 is 0 Å². The van der Waals surface area contributed by atoms with Crippen LogP contribution in [-0.2, 0) is 20.0 Å². The van der Waals surface area contributed by atoms with Crippen LogP contribution >= 0.6 is 0 Å². The van der Waals surface area contributed by atoms with Crippen LogP contribution in [0, 0.1) is 0 Å². The van der Waals surface area contributed by atoms with E-state index in [4.69, 9.17) is 5.73 Å². The predicted molar refractivity (Wildman–Crippen MR) is 60.5 cm³/mol. The van der Waals surface area contributed by atoms with E-state index < -0.39 is 0 Å². The van der Waals surface area contributed by atoms with Gasteiger partial charge >= 0.3 is 0 Å². The van der Waals surface area contributed by atoms with Gasteiger partial charge in [0.25, 0.3) is 0 Å². The number of likely N-dealkylation sites (N-methyl/N-ethyl adjacent to an activating group) is 1. The van der Waals surface area contributed by atoms with Crippen molar-refractivity contribution in [3.8, 4) is 0 Å². The number of aromatic nitrogens is 2. The van der Waals surface area contributed by atoms with E-state index in [-0.39, 0.29) is 0 Å². The molecule has 0 aliphatic carbocycles. The van der Waals surface area contributed by atoms with Gasteiger partial charge in [-0.15, -0.1) is 0 Å². The molecule has 0 spiro atoms. The zero-order valence-corrected chi connectivity index (χ0v) is 9.61. The van der Waals surface area contributed by atoms with Gasteiger partial charge in [-0.3, -0.25) is 4.68 Å². The molecule has 4 nitrogen and oxygen atoms in total. The third kappa shape index (κ3) is 2.21. The Hall–Kier alpha value is -0.870. The molecule has 0 saturated carbocycles. The van der Waals surface area contributed by atoms with Gasteiger partial charge in [0.15, 0.2) is 0 Å². The Labute approximate surface area is 91.1 Å². The largest absolute Gasteiger partial charge is 0.325 e. The molecule has 1 aromatic heterocycles. The Morgan fingerprint density at radius 3 is 2.87 bits per heavy atom. The van der Waals surface area contributed by atoms with Gasteiger partial charge in [-0.25, -0.2) is 0 Å². The van der Waals surface area contributed by atoms with E-state index in [1.54, 1.807) is 0 Å². The standard InChI is InChI=1S/C11H20N4/c1-14-5-3-4-10(14)6-9-7-11(8-12)15(2)13-9/h7,10H,3-6,8,12H2,1-2H3. The van der Waals surface area contributed by atoms with Gasteiger partial charge in [0.2, 0.25) is 0 Å². The summed E-state index contributed by atoms with van der Waals surface area (Å²) < 4.78 is 1.89. The molecule has 0 aromatic carbocycles. The van der Waals surface area contributed by atoms with E-state index in [0.29, 0.717) is 12.6 Å². The van der Waals surface area contributed by atoms with Crippen LogP contribution in [0.4, 0.5) is 0 Å². The van der Waals surface area contributed by atoms with Crippen LogP contribution in [0.2, 0.25) is 0 Å². The highest BCUT2D eigenvalue weighted by Crippen LogP contribution is 2.18. The second kappa shape index (κ2) is 4.33. The van der Waals surface area contributed by atoms with Crippen molar-refractivity contribution in [3.05, 3.63) is 17.5 Å². The maximum absolute atomic E-state index is 5.63. The lowest BCUT2D eigenvalue weighted by molar-refractivity contribution is 0.307. The normalized spacial score (nSPS) is 22.5. The summed E-state index contributed by atoms with van der Waals surface area (Å²) in [4.78, 5) is 2.43. The first kappa shape index (κ1) is 10.6. The van der Waals surface area contributed by atoms with Gasteiger partial charge in [0.05, 0.1) is 11.4 Å². The average Bonchev–Trinajstić information content (AvgIpc) is 2.75. The van der Waals surface area contributed by atoms with Crippen molar-refractivity contribution in [2.75, 3.05) is 13.6 Å². The second-order valence-electron chi connectivity index (χ2n) is 4.44. The van der Waals surface area contributed by atoms with Gasteiger partial charge in [0, 0.05) is 26.1 Å². The van der Waals surface area contributed by atoms with Crippen molar-refractivity contribution >= 4 is 0 Å². The lowest BCUT2D eigenvalue weighted by Crippen LogP contribution is -2.26.